The Morgan fingerprint density at radius 2 is 2.25 bits per heavy atom. The second-order valence-corrected chi connectivity index (χ2v) is 6.63. The fourth-order valence-electron chi connectivity index (χ4n) is 3.68. The van der Waals surface area contributed by atoms with Gasteiger partial charge in [-0.1, -0.05) is 6.07 Å². The van der Waals surface area contributed by atoms with Crippen molar-refractivity contribution in [2.75, 3.05) is 31.1 Å². The Labute approximate surface area is 141 Å². The lowest BCUT2D eigenvalue weighted by atomic mass is 9.89. The first kappa shape index (κ1) is 15.2. The molecule has 2 atom stereocenters. The molecule has 0 bridgehead atoms. The Morgan fingerprint density at radius 3 is 3.04 bits per heavy atom. The van der Waals surface area contributed by atoms with Crippen LogP contribution < -0.4 is 15.0 Å². The minimum Gasteiger partial charge on any atom is -0.490 e. The van der Waals surface area contributed by atoms with Gasteiger partial charge in [-0.3, -0.25) is 9.48 Å². The van der Waals surface area contributed by atoms with Crippen molar-refractivity contribution in [2.45, 2.75) is 12.8 Å². The van der Waals surface area contributed by atoms with Crippen LogP contribution in [0, 0.1) is 12.8 Å². The van der Waals surface area contributed by atoms with Crippen molar-refractivity contribution in [1.29, 1.82) is 0 Å². The number of anilines is 1. The summed E-state index contributed by atoms with van der Waals surface area (Å²) in [5.74, 6) is 1.07. The van der Waals surface area contributed by atoms with E-state index in [0.29, 0.717) is 19.7 Å². The Bertz CT molecular complexity index is 770. The van der Waals surface area contributed by atoms with Crippen molar-refractivity contribution in [3.8, 4) is 5.75 Å². The highest BCUT2D eigenvalue weighted by Crippen LogP contribution is 2.36. The second kappa shape index (κ2) is 5.94. The van der Waals surface area contributed by atoms with Crippen LogP contribution in [0.2, 0.25) is 0 Å². The number of carbonyl (C=O) groups is 1. The molecule has 0 unspecified atom stereocenters. The molecule has 0 spiro atoms. The van der Waals surface area contributed by atoms with Gasteiger partial charge in [0.25, 0.3) is 0 Å². The summed E-state index contributed by atoms with van der Waals surface area (Å²) in [6, 6.07) is 6.02. The molecule has 24 heavy (non-hydrogen) atoms. The fourth-order valence-corrected chi connectivity index (χ4v) is 3.68. The normalized spacial score (nSPS) is 23.0. The molecule has 1 saturated heterocycles. The van der Waals surface area contributed by atoms with Crippen LogP contribution in [0.4, 0.5) is 5.69 Å². The number of nitrogens with one attached hydrogen (secondary N) is 1. The third-order valence-electron chi connectivity index (χ3n) is 4.93. The van der Waals surface area contributed by atoms with Crippen LogP contribution in [0.3, 0.4) is 0 Å². The Kier molecular flexibility index (Phi) is 3.76. The number of aromatic nitrogens is 2. The van der Waals surface area contributed by atoms with Gasteiger partial charge in [0.2, 0.25) is 5.91 Å². The van der Waals surface area contributed by atoms with E-state index in [1.807, 2.05) is 49.5 Å². The van der Waals surface area contributed by atoms with Crippen LogP contribution in [-0.2, 0) is 11.8 Å². The van der Waals surface area contributed by atoms with Gasteiger partial charge in [0.05, 0.1) is 24.3 Å². The number of rotatable bonds is 2. The van der Waals surface area contributed by atoms with E-state index in [0.717, 1.165) is 29.1 Å². The highest BCUT2D eigenvalue weighted by atomic mass is 16.5. The highest BCUT2D eigenvalue weighted by Gasteiger charge is 2.38. The molecule has 0 radical (unpaired) electrons. The van der Waals surface area contributed by atoms with Gasteiger partial charge in [-0.15, -0.1) is 0 Å². The van der Waals surface area contributed by atoms with Crippen molar-refractivity contribution < 1.29 is 9.53 Å². The first-order valence-electron chi connectivity index (χ1n) is 8.37. The lowest BCUT2D eigenvalue weighted by Crippen LogP contribution is -2.43. The van der Waals surface area contributed by atoms with E-state index in [9.17, 15) is 4.79 Å². The summed E-state index contributed by atoms with van der Waals surface area (Å²) < 4.78 is 7.53. The number of benzene rings is 1. The second-order valence-electron chi connectivity index (χ2n) is 6.63. The van der Waals surface area contributed by atoms with Crippen molar-refractivity contribution in [1.82, 2.24) is 15.1 Å². The van der Waals surface area contributed by atoms with E-state index in [1.54, 1.807) is 4.68 Å². The number of fused-ring (bicyclic) bond motifs is 1. The van der Waals surface area contributed by atoms with E-state index < -0.39 is 0 Å². The van der Waals surface area contributed by atoms with Crippen molar-refractivity contribution >= 4 is 11.6 Å². The quantitative estimate of drug-likeness (QED) is 0.908. The van der Waals surface area contributed by atoms with Gasteiger partial charge < -0.3 is 15.0 Å². The Balaban J connectivity index is 1.62. The summed E-state index contributed by atoms with van der Waals surface area (Å²) in [5, 5.41) is 7.62. The molecule has 1 N–H and O–H groups in total. The fraction of sp³-hybridized carbons (Fsp3) is 0.444. The molecule has 1 amide bonds. The van der Waals surface area contributed by atoms with E-state index in [2.05, 4.69) is 10.4 Å². The molecule has 1 aromatic carbocycles. The predicted molar refractivity (Wildman–Crippen MR) is 91.3 cm³/mol. The van der Waals surface area contributed by atoms with Crippen LogP contribution in [0.15, 0.2) is 30.6 Å². The maximum absolute atomic E-state index is 13.2. The van der Waals surface area contributed by atoms with Crippen LogP contribution in [0.5, 0.6) is 5.75 Å². The molecule has 1 aromatic heterocycles. The van der Waals surface area contributed by atoms with E-state index in [-0.39, 0.29) is 17.7 Å². The summed E-state index contributed by atoms with van der Waals surface area (Å²) in [6.07, 6.45) is 3.88. The average Bonchev–Trinajstić information content (AvgIpc) is 3.21. The van der Waals surface area contributed by atoms with Gasteiger partial charge in [0.15, 0.2) is 0 Å². The van der Waals surface area contributed by atoms with E-state index >= 15 is 0 Å². The van der Waals surface area contributed by atoms with Gasteiger partial charge in [0, 0.05) is 32.3 Å². The number of hydrogen-bond acceptors (Lipinski definition) is 4. The number of carbonyl (C=O) groups excluding carboxylic acids is 1. The highest BCUT2D eigenvalue weighted by molar-refractivity contribution is 5.97. The standard InChI is InChI=1S/C18H22N4O2/c1-12-3-4-16-17(7-12)24-6-5-22(16)18(23)15-10-19-9-14(15)13-8-20-21(2)11-13/h3-4,7-8,11,14-15,19H,5-6,9-10H2,1-2H3/t14-,15+/m1/s1. The Morgan fingerprint density at radius 1 is 1.38 bits per heavy atom. The van der Waals surface area contributed by atoms with Crippen LogP contribution in [-0.4, -0.2) is 41.9 Å². The first-order valence-corrected chi connectivity index (χ1v) is 8.37. The average molecular weight is 326 g/mol. The lowest BCUT2D eigenvalue weighted by molar-refractivity contribution is -0.122. The maximum atomic E-state index is 13.2. The zero-order valence-corrected chi connectivity index (χ0v) is 14.0. The molecule has 2 aliphatic rings. The van der Waals surface area contributed by atoms with Crippen LogP contribution in [0.25, 0.3) is 0 Å². The molecular weight excluding hydrogens is 304 g/mol. The number of aryl methyl sites for hydroxylation is 2. The summed E-state index contributed by atoms with van der Waals surface area (Å²) in [7, 11) is 1.91. The zero-order chi connectivity index (χ0) is 16.7. The molecule has 0 aliphatic carbocycles. The third kappa shape index (κ3) is 2.57. The number of amides is 1. The van der Waals surface area contributed by atoms with Crippen LogP contribution >= 0.6 is 0 Å². The van der Waals surface area contributed by atoms with Crippen molar-refractivity contribution in [3.63, 3.8) is 0 Å². The minimum absolute atomic E-state index is 0.0681. The number of nitrogens with zero attached hydrogens (tertiary/aromatic N) is 3. The van der Waals surface area contributed by atoms with Crippen molar-refractivity contribution in [3.05, 3.63) is 41.7 Å². The number of ether oxygens (including phenoxy) is 1. The molecule has 6 heteroatoms. The van der Waals surface area contributed by atoms with Crippen LogP contribution in [0.1, 0.15) is 17.0 Å². The summed E-state index contributed by atoms with van der Waals surface area (Å²) >= 11 is 0. The largest absolute Gasteiger partial charge is 0.490 e. The molecule has 2 aromatic rings. The summed E-state index contributed by atoms with van der Waals surface area (Å²) in [6.45, 7) is 4.69. The molecule has 126 valence electrons. The zero-order valence-electron chi connectivity index (χ0n) is 14.0. The third-order valence-corrected chi connectivity index (χ3v) is 4.93. The molecule has 0 saturated carbocycles. The molecule has 6 nitrogen and oxygen atoms in total. The SMILES string of the molecule is Cc1ccc2c(c1)OCCN2C(=O)[C@H]1CNC[C@@H]1c1cnn(C)c1. The van der Waals surface area contributed by atoms with Gasteiger partial charge in [-0.2, -0.15) is 5.10 Å². The minimum atomic E-state index is -0.0681. The number of hydrogen-bond donors (Lipinski definition) is 1. The molecule has 4 rings (SSSR count). The van der Waals surface area contributed by atoms with Gasteiger partial charge in [-0.05, 0) is 30.2 Å². The first-order chi connectivity index (χ1) is 11.6. The molecule has 2 aliphatic heterocycles. The van der Waals surface area contributed by atoms with Gasteiger partial charge in [0.1, 0.15) is 12.4 Å². The van der Waals surface area contributed by atoms with E-state index in [4.69, 9.17) is 4.74 Å². The molecule has 1 fully saturated rings. The summed E-state index contributed by atoms with van der Waals surface area (Å²) in [4.78, 5) is 15.1. The topological polar surface area (TPSA) is 59.4 Å². The van der Waals surface area contributed by atoms with E-state index in [1.165, 1.54) is 0 Å². The Hall–Kier alpha value is -2.34. The monoisotopic (exact) mass is 326 g/mol. The van der Waals surface area contributed by atoms with Crippen molar-refractivity contribution in [2.24, 2.45) is 13.0 Å². The van der Waals surface area contributed by atoms with Gasteiger partial charge >= 0.3 is 0 Å². The summed E-state index contributed by atoms with van der Waals surface area (Å²) in [5.41, 5.74) is 3.14. The maximum Gasteiger partial charge on any atom is 0.232 e. The van der Waals surface area contributed by atoms with Gasteiger partial charge in [-0.25, -0.2) is 0 Å². The smallest absolute Gasteiger partial charge is 0.232 e. The predicted octanol–water partition coefficient (Wildman–Crippen LogP) is 1.46. The molecule has 3 heterocycles. The lowest BCUT2D eigenvalue weighted by Gasteiger charge is -2.32. The molecular formula is C18H22N4O2.